The summed E-state index contributed by atoms with van der Waals surface area (Å²) in [5.74, 6) is 0.815. The second-order valence-electron chi connectivity index (χ2n) is 3.83. The largest absolute Gasteiger partial charge is 0.493 e. The maximum absolute atomic E-state index is 11.8. The Morgan fingerprint density at radius 1 is 1.17 bits per heavy atom. The van der Waals surface area contributed by atoms with E-state index in [9.17, 15) is 4.79 Å². The van der Waals surface area contributed by atoms with Gasteiger partial charge in [-0.05, 0) is 31.0 Å². The van der Waals surface area contributed by atoms with Crippen LogP contribution in [0.2, 0.25) is 0 Å². The van der Waals surface area contributed by atoms with Crippen LogP contribution in [0.3, 0.4) is 0 Å². The highest BCUT2D eigenvalue weighted by atomic mass is 16.5. The van der Waals surface area contributed by atoms with Gasteiger partial charge in [-0.1, -0.05) is 13.0 Å². The van der Waals surface area contributed by atoms with Gasteiger partial charge in [-0.25, -0.2) is 0 Å². The molecule has 0 aliphatic heterocycles. The van der Waals surface area contributed by atoms with Crippen molar-refractivity contribution in [2.24, 2.45) is 0 Å². The van der Waals surface area contributed by atoms with Gasteiger partial charge in [0.05, 0.1) is 26.7 Å². The zero-order valence-corrected chi connectivity index (χ0v) is 11.4. The molecule has 0 saturated carbocycles. The Bertz CT molecular complexity index is 401. The number of hydrogen-bond donors (Lipinski definition) is 0. The lowest BCUT2D eigenvalue weighted by molar-refractivity contribution is -0.145. The van der Waals surface area contributed by atoms with Crippen LogP contribution in [0.1, 0.15) is 31.7 Å². The molecule has 0 aliphatic rings. The van der Waals surface area contributed by atoms with Crippen LogP contribution in [0.5, 0.6) is 11.5 Å². The molecule has 100 valence electrons. The van der Waals surface area contributed by atoms with E-state index in [1.54, 1.807) is 27.2 Å². The van der Waals surface area contributed by atoms with Crippen molar-refractivity contribution in [3.8, 4) is 11.5 Å². The van der Waals surface area contributed by atoms with E-state index in [1.807, 2.05) is 19.1 Å². The molecule has 4 heteroatoms. The monoisotopic (exact) mass is 252 g/mol. The van der Waals surface area contributed by atoms with Crippen molar-refractivity contribution in [1.29, 1.82) is 0 Å². The summed E-state index contributed by atoms with van der Waals surface area (Å²) >= 11 is 0. The third-order valence-corrected chi connectivity index (χ3v) is 2.79. The quantitative estimate of drug-likeness (QED) is 0.730. The van der Waals surface area contributed by atoms with Crippen LogP contribution in [0.4, 0.5) is 0 Å². The lowest BCUT2D eigenvalue weighted by Crippen LogP contribution is -2.15. The van der Waals surface area contributed by atoms with Crippen molar-refractivity contribution in [3.63, 3.8) is 0 Å². The lowest BCUT2D eigenvalue weighted by atomic mass is 9.96. The summed E-state index contributed by atoms with van der Waals surface area (Å²) in [7, 11) is 3.16. The molecule has 0 spiro atoms. The van der Waals surface area contributed by atoms with Crippen molar-refractivity contribution < 1.29 is 19.0 Å². The number of benzene rings is 1. The van der Waals surface area contributed by atoms with Crippen molar-refractivity contribution in [1.82, 2.24) is 0 Å². The first-order valence-electron chi connectivity index (χ1n) is 6.06. The second kappa shape index (κ2) is 6.89. The van der Waals surface area contributed by atoms with E-state index in [-0.39, 0.29) is 11.9 Å². The van der Waals surface area contributed by atoms with Crippen LogP contribution in [0.15, 0.2) is 18.2 Å². The Morgan fingerprint density at radius 3 is 2.33 bits per heavy atom. The fourth-order valence-corrected chi connectivity index (χ4v) is 1.85. The average Bonchev–Trinajstić information content (AvgIpc) is 2.39. The highest BCUT2D eigenvalue weighted by molar-refractivity contribution is 5.78. The molecule has 0 amide bonds. The minimum absolute atomic E-state index is 0.202. The zero-order chi connectivity index (χ0) is 13.5. The zero-order valence-electron chi connectivity index (χ0n) is 11.4. The molecule has 0 bridgehead atoms. The molecule has 0 saturated heterocycles. The first kappa shape index (κ1) is 14.4. The number of methoxy groups -OCH3 is 2. The van der Waals surface area contributed by atoms with E-state index in [0.717, 1.165) is 5.56 Å². The summed E-state index contributed by atoms with van der Waals surface area (Å²) in [6.07, 6.45) is 0.689. The molecule has 0 radical (unpaired) electrons. The Kier molecular flexibility index (Phi) is 5.49. The van der Waals surface area contributed by atoms with Gasteiger partial charge in [-0.3, -0.25) is 4.79 Å². The smallest absolute Gasteiger partial charge is 0.313 e. The predicted octanol–water partition coefficient (Wildman–Crippen LogP) is 2.76. The molecule has 1 rings (SSSR count). The van der Waals surface area contributed by atoms with Crippen LogP contribution < -0.4 is 9.47 Å². The predicted molar refractivity (Wildman–Crippen MR) is 69.2 cm³/mol. The topological polar surface area (TPSA) is 44.8 Å². The highest BCUT2D eigenvalue weighted by Gasteiger charge is 2.21. The summed E-state index contributed by atoms with van der Waals surface area (Å²) in [6.45, 7) is 4.15. The molecule has 1 atom stereocenters. The van der Waals surface area contributed by atoms with Crippen LogP contribution >= 0.6 is 0 Å². The molecule has 4 nitrogen and oxygen atoms in total. The maximum atomic E-state index is 11.8. The molecule has 0 aromatic heterocycles. The van der Waals surface area contributed by atoms with Gasteiger partial charge in [-0.2, -0.15) is 0 Å². The normalized spacial score (nSPS) is 11.8. The van der Waals surface area contributed by atoms with Gasteiger partial charge in [-0.15, -0.1) is 0 Å². The first-order chi connectivity index (χ1) is 8.67. The Morgan fingerprint density at radius 2 is 1.83 bits per heavy atom. The number of carbonyl (C=O) groups excluding carboxylic acids is 1. The van der Waals surface area contributed by atoms with Crippen molar-refractivity contribution in [2.45, 2.75) is 26.2 Å². The summed E-state index contributed by atoms with van der Waals surface area (Å²) in [6, 6.07) is 5.49. The summed E-state index contributed by atoms with van der Waals surface area (Å²) in [4.78, 5) is 11.8. The van der Waals surface area contributed by atoms with E-state index in [0.29, 0.717) is 24.5 Å². The molecule has 18 heavy (non-hydrogen) atoms. The van der Waals surface area contributed by atoms with Gasteiger partial charge in [0.25, 0.3) is 0 Å². The maximum Gasteiger partial charge on any atom is 0.313 e. The van der Waals surface area contributed by atoms with Gasteiger partial charge in [0.1, 0.15) is 0 Å². The van der Waals surface area contributed by atoms with Crippen molar-refractivity contribution in [2.75, 3.05) is 20.8 Å². The summed E-state index contributed by atoms with van der Waals surface area (Å²) < 4.78 is 15.5. The van der Waals surface area contributed by atoms with Gasteiger partial charge < -0.3 is 14.2 Å². The van der Waals surface area contributed by atoms with E-state index in [2.05, 4.69) is 0 Å². The molecule has 1 unspecified atom stereocenters. The number of carbonyl (C=O) groups is 1. The number of rotatable bonds is 6. The Labute approximate surface area is 108 Å². The van der Waals surface area contributed by atoms with Crippen LogP contribution in [-0.4, -0.2) is 26.8 Å². The van der Waals surface area contributed by atoms with E-state index in [4.69, 9.17) is 14.2 Å². The van der Waals surface area contributed by atoms with E-state index >= 15 is 0 Å². The van der Waals surface area contributed by atoms with Crippen molar-refractivity contribution >= 4 is 5.97 Å². The lowest BCUT2D eigenvalue weighted by Gasteiger charge is -2.16. The molecule has 0 heterocycles. The third kappa shape index (κ3) is 3.15. The standard InChI is InChI=1S/C14H20O4/c1-5-11(14(15)18-6-2)10-7-8-12(16-3)13(9-10)17-4/h7-9,11H,5-6H2,1-4H3. The fraction of sp³-hybridized carbons (Fsp3) is 0.500. The second-order valence-corrected chi connectivity index (χ2v) is 3.83. The van der Waals surface area contributed by atoms with Gasteiger partial charge >= 0.3 is 5.97 Å². The Hall–Kier alpha value is -1.71. The summed E-state index contributed by atoms with van der Waals surface area (Å²) in [5.41, 5.74) is 0.883. The van der Waals surface area contributed by atoms with E-state index < -0.39 is 0 Å². The van der Waals surface area contributed by atoms with E-state index in [1.165, 1.54) is 0 Å². The molecule has 1 aromatic carbocycles. The number of esters is 1. The molecular weight excluding hydrogens is 232 g/mol. The highest BCUT2D eigenvalue weighted by Crippen LogP contribution is 2.32. The third-order valence-electron chi connectivity index (χ3n) is 2.79. The number of hydrogen-bond acceptors (Lipinski definition) is 4. The minimum Gasteiger partial charge on any atom is -0.493 e. The molecular formula is C14H20O4. The molecule has 0 N–H and O–H groups in total. The van der Waals surface area contributed by atoms with Crippen LogP contribution in [0.25, 0.3) is 0 Å². The van der Waals surface area contributed by atoms with Gasteiger partial charge in [0, 0.05) is 0 Å². The average molecular weight is 252 g/mol. The summed E-state index contributed by atoms with van der Waals surface area (Å²) in [5, 5.41) is 0. The van der Waals surface area contributed by atoms with Crippen LogP contribution in [0, 0.1) is 0 Å². The SMILES string of the molecule is CCOC(=O)C(CC)c1ccc(OC)c(OC)c1. The molecule has 1 aromatic rings. The first-order valence-corrected chi connectivity index (χ1v) is 6.06. The fourth-order valence-electron chi connectivity index (χ4n) is 1.85. The van der Waals surface area contributed by atoms with Crippen molar-refractivity contribution in [3.05, 3.63) is 23.8 Å². The Balaban J connectivity index is 3.03. The molecule has 0 aliphatic carbocycles. The molecule has 0 fully saturated rings. The van der Waals surface area contributed by atoms with Crippen LogP contribution in [-0.2, 0) is 9.53 Å². The minimum atomic E-state index is -0.259. The number of ether oxygens (including phenoxy) is 3. The van der Waals surface area contributed by atoms with Gasteiger partial charge in [0.2, 0.25) is 0 Å². The van der Waals surface area contributed by atoms with Gasteiger partial charge in [0.15, 0.2) is 11.5 Å².